The zero-order chi connectivity index (χ0) is 31.2. The van der Waals surface area contributed by atoms with Crippen molar-refractivity contribution in [2.75, 3.05) is 4.90 Å². The first-order valence-corrected chi connectivity index (χ1v) is 16.2. The number of halogens is 1. The molecular formula is C35H26ClN3O4S2. The van der Waals surface area contributed by atoms with Gasteiger partial charge in [0.2, 0.25) is 5.13 Å². The van der Waals surface area contributed by atoms with Crippen LogP contribution in [0.2, 0.25) is 5.02 Å². The number of aromatic nitrogens is 2. The molecule has 5 aromatic rings. The predicted molar refractivity (Wildman–Crippen MR) is 179 cm³/mol. The first-order valence-electron chi connectivity index (χ1n) is 14.0. The summed E-state index contributed by atoms with van der Waals surface area (Å²) in [6.45, 7) is 0.342. The number of amides is 1. The van der Waals surface area contributed by atoms with E-state index in [4.69, 9.17) is 16.3 Å². The number of carbonyl (C=O) groups excluding carboxylic acids is 2. The molecule has 4 aromatic carbocycles. The standard InChI is InChI=1S/C35H26ClN3O4S2/c36-27-17-14-25(15-18-27)22-44-35-38-37-34(45-35)39-31(26-12-7-13-28(20-26)43-21-24-10-5-2-6-11-24)30(32(41)33(39)42)29(40)19-16-23-8-3-1-4-9-23/h1-20,31,41H,21-22H2/b19-16+. The molecule has 2 heterocycles. The van der Waals surface area contributed by atoms with Crippen LogP contribution in [-0.4, -0.2) is 27.0 Å². The Labute approximate surface area is 273 Å². The Bertz CT molecular complexity index is 1880. The normalized spacial score (nSPS) is 14.8. The van der Waals surface area contributed by atoms with Gasteiger partial charge in [0.1, 0.15) is 12.4 Å². The van der Waals surface area contributed by atoms with E-state index in [1.165, 1.54) is 34.1 Å². The average Bonchev–Trinajstić information content (AvgIpc) is 3.65. The van der Waals surface area contributed by atoms with Crippen LogP contribution in [0.1, 0.15) is 28.3 Å². The number of aliphatic hydroxyl groups is 1. The molecule has 1 N–H and O–H groups in total. The van der Waals surface area contributed by atoms with E-state index in [1.54, 1.807) is 24.3 Å². The van der Waals surface area contributed by atoms with Gasteiger partial charge in [0.05, 0.1) is 11.6 Å². The molecule has 45 heavy (non-hydrogen) atoms. The Morgan fingerprint density at radius 2 is 1.67 bits per heavy atom. The molecule has 0 saturated heterocycles. The lowest BCUT2D eigenvalue weighted by Gasteiger charge is -2.24. The van der Waals surface area contributed by atoms with Crippen molar-refractivity contribution in [3.05, 3.63) is 154 Å². The maximum absolute atomic E-state index is 13.7. The number of ketones is 1. The number of thioether (sulfide) groups is 1. The molecule has 1 aliphatic rings. The van der Waals surface area contributed by atoms with Gasteiger partial charge >= 0.3 is 0 Å². The van der Waals surface area contributed by atoms with E-state index in [1.807, 2.05) is 91.0 Å². The zero-order valence-corrected chi connectivity index (χ0v) is 26.1. The molecule has 0 saturated carbocycles. The van der Waals surface area contributed by atoms with E-state index >= 15 is 0 Å². The second kappa shape index (κ2) is 13.9. The van der Waals surface area contributed by atoms with Crippen LogP contribution in [-0.2, 0) is 21.9 Å². The van der Waals surface area contributed by atoms with Crippen LogP contribution in [0.3, 0.4) is 0 Å². The number of aliphatic hydroxyl groups excluding tert-OH is 1. The summed E-state index contributed by atoms with van der Waals surface area (Å²) in [5, 5.41) is 20.7. The fourth-order valence-electron chi connectivity index (χ4n) is 4.79. The summed E-state index contributed by atoms with van der Waals surface area (Å²) in [7, 11) is 0. The van der Waals surface area contributed by atoms with Gasteiger partial charge in [0.15, 0.2) is 15.9 Å². The Hall–Kier alpha value is -4.70. The van der Waals surface area contributed by atoms with Crippen LogP contribution < -0.4 is 9.64 Å². The largest absolute Gasteiger partial charge is 0.503 e. The Kier molecular flexibility index (Phi) is 9.40. The Morgan fingerprint density at radius 1 is 0.933 bits per heavy atom. The molecular weight excluding hydrogens is 626 g/mol. The van der Waals surface area contributed by atoms with Gasteiger partial charge in [-0.3, -0.25) is 14.5 Å². The fourth-order valence-corrected chi connectivity index (χ4v) is 6.74. The van der Waals surface area contributed by atoms with Gasteiger partial charge < -0.3 is 9.84 Å². The number of carbonyl (C=O) groups is 2. The smallest absolute Gasteiger partial charge is 0.296 e. The lowest BCUT2D eigenvalue weighted by atomic mass is 9.95. The van der Waals surface area contributed by atoms with Crippen molar-refractivity contribution >= 4 is 57.6 Å². The third-order valence-electron chi connectivity index (χ3n) is 7.00. The molecule has 1 aromatic heterocycles. The van der Waals surface area contributed by atoms with Crippen molar-refractivity contribution in [2.45, 2.75) is 22.7 Å². The van der Waals surface area contributed by atoms with Gasteiger partial charge in [-0.2, -0.15) is 0 Å². The van der Waals surface area contributed by atoms with Crippen LogP contribution in [0, 0.1) is 0 Å². The van der Waals surface area contributed by atoms with E-state index in [-0.39, 0.29) is 10.7 Å². The fraction of sp³-hybridized carbons (Fsp3) is 0.0857. The zero-order valence-electron chi connectivity index (χ0n) is 23.7. The minimum absolute atomic E-state index is 0.0436. The highest BCUT2D eigenvalue weighted by Crippen LogP contribution is 2.44. The molecule has 1 amide bonds. The van der Waals surface area contributed by atoms with Crippen molar-refractivity contribution in [3.63, 3.8) is 0 Å². The number of anilines is 1. The van der Waals surface area contributed by atoms with Gasteiger partial charge in [-0.1, -0.05) is 126 Å². The molecule has 0 radical (unpaired) electrons. The predicted octanol–water partition coefficient (Wildman–Crippen LogP) is 8.25. The first kappa shape index (κ1) is 30.3. The summed E-state index contributed by atoms with van der Waals surface area (Å²) in [6, 6.07) is 32.8. The van der Waals surface area contributed by atoms with E-state index in [9.17, 15) is 14.7 Å². The summed E-state index contributed by atoms with van der Waals surface area (Å²) in [6.07, 6.45) is 3.02. The van der Waals surface area contributed by atoms with Crippen molar-refractivity contribution in [1.82, 2.24) is 10.2 Å². The molecule has 224 valence electrons. The topological polar surface area (TPSA) is 92.6 Å². The number of ether oxygens (including phenoxy) is 1. The molecule has 1 unspecified atom stereocenters. The second-order valence-electron chi connectivity index (χ2n) is 10.1. The molecule has 1 aliphatic heterocycles. The minimum atomic E-state index is -0.951. The molecule has 6 rings (SSSR count). The molecule has 10 heteroatoms. The molecule has 7 nitrogen and oxygen atoms in total. The second-order valence-corrected chi connectivity index (χ2v) is 12.7. The number of hydrogen-bond donors (Lipinski definition) is 1. The number of benzene rings is 4. The lowest BCUT2D eigenvalue weighted by Crippen LogP contribution is -2.30. The molecule has 1 atom stereocenters. The molecule has 0 spiro atoms. The molecule has 0 fully saturated rings. The van der Waals surface area contributed by atoms with Crippen molar-refractivity contribution in [2.24, 2.45) is 0 Å². The van der Waals surface area contributed by atoms with Crippen LogP contribution in [0.25, 0.3) is 6.08 Å². The highest BCUT2D eigenvalue weighted by Gasteiger charge is 2.45. The minimum Gasteiger partial charge on any atom is -0.503 e. The Balaban J connectivity index is 1.31. The van der Waals surface area contributed by atoms with E-state index in [0.29, 0.717) is 33.0 Å². The maximum Gasteiger partial charge on any atom is 0.296 e. The first-order chi connectivity index (χ1) is 22.0. The summed E-state index contributed by atoms with van der Waals surface area (Å²) in [4.78, 5) is 28.6. The van der Waals surface area contributed by atoms with Crippen LogP contribution in [0.5, 0.6) is 5.75 Å². The third kappa shape index (κ3) is 7.17. The van der Waals surface area contributed by atoms with E-state index < -0.39 is 23.5 Å². The monoisotopic (exact) mass is 651 g/mol. The number of nitrogens with zero attached hydrogens (tertiary/aromatic N) is 3. The third-order valence-corrected chi connectivity index (χ3v) is 9.38. The van der Waals surface area contributed by atoms with Crippen LogP contribution in [0.4, 0.5) is 5.13 Å². The molecule has 0 bridgehead atoms. The van der Waals surface area contributed by atoms with Gasteiger partial charge in [0, 0.05) is 10.8 Å². The SMILES string of the molecule is O=C(/C=C/c1ccccc1)C1=C(O)C(=O)N(c2nnc(SCc3ccc(Cl)cc3)s2)C1c1cccc(OCc2ccccc2)c1. The number of hydrogen-bond acceptors (Lipinski definition) is 8. The van der Waals surface area contributed by atoms with Gasteiger partial charge in [-0.15, -0.1) is 10.2 Å². The van der Waals surface area contributed by atoms with Crippen molar-refractivity contribution in [3.8, 4) is 5.75 Å². The highest BCUT2D eigenvalue weighted by molar-refractivity contribution is 8.00. The quantitative estimate of drug-likeness (QED) is 0.0873. The summed E-state index contributed by atoms with van der Waals surface area (Å²) >= 11 is 8.69. The van der Waals surface area contributed by atoms with E-state index in [2.05, 4.69) is 10.2 Å². The Morgan fingerprint density at radius 3 is 2.42 bits per heavy atom. The maximum atomic E-state index is 13.7. The summed E-state index contributed by atoms with van der Waals surface area (Å²) in [5.74, 6) is -0.657. The van der Waals surface area contributed by atoms with Gasteiger partial charge in [0.25, 0.3) is 5.91 Å². The van der Waals surface area contributed by atoms with Crippen LogP contribution in [0.15, 0.2) is 131 Å². The number of rotatable bonds is 11. The highest BCUT2D eigenvalue weighted by atomic mass is 35.5. The van der Waals surface area contributed by atoms with Crippen molar-refractivity contribution < 1.29 is 19.4 Å². The van der Waals surface area contributed by atoms with Crippen LogP contribution >= 0.6 is 34.7 Å². The average molecular weight is 652 g/mol. The summed E-state index contributed by atoms with van der Waals surface area (Å²) < 4.78 is 6.69. The molecule has 0 aliphatic carbocycles. The lowest BCUT2D eigenvalue weighted by molar-refractivity contribution is -0.117. The van der Waals surface area contributed by atoms with Crippen molar-refractivity contribution in [1.29, 1.82) is 0 Å². The number of allylic oxidation sites excluding steroid dienone is 1. The van der Waals surface area contributed by atoms with E-state index in [0.717, 1.165) is 16.7 Å². The van der Waals surface area contributed by atoms with Gasteiger partial charge in [-0.25, -0.2) is 0 Å². The summed E-state index contributed by atoms with van der Waals surface area (Å²) in [5.41, 5.74) is 3.41. The van der Waals surface area contributed by atoms with Gasteiger partial charge in [-0.05, 0) is 52.6 Å².